The van der Waals surface area contributed by atoms with Crippen LogP contribution in [0.5, 0.6) is 0 Å². The van der Waals surface area contributed by atoms with Crippen molar-refractivity contribution >= 4 is 78.1 Å². The van der Waals surface area contributed by atoms with Gasteiger partial charge in [0.25, 0.3) is 0 Å². The van der Waals surface area contributed by atoms with Gasteiger partial charge >= 0.3 is 7.12 Å². The van der Waals surface area contributed by atoms with Gasteiger partial charge in [0.2, 0.25) is 0 Å². The standard InChI is InChI=1S/C48H37BN2O3/c1-47(2)48(3,4)54-49(53-47)38-24-27-44-45(35-18-10-13-21-43(35)52-44)46(38)51-40-20-12-9-17-34(40)37-29-31(23-26-42(37)51)30-22-25-41-36(28-30)33-16-8-11-19-39(33)50(41)32-14-6-5-7-15-32/h5-29H,1-4H3. The molecule has 1 aliphatic heterocycles. The molecule has 0 N–H and O–H groups in total. The van der Waals surface area contributed by atoms with Crippen LogP contribution < -0.4 is 5.46 Å². The predicted molar refractivity (Wildman–Crippen MR) is 224 cm³/mol. The molecule has 260 valence electrons. The molecule has 0 spiro atoms. The molecule has 10 aromatic rings. The summed E-state index contributed by atoms with van der Waals surface area (Å²) in [5.41, 5.74) is 10.8. The third kappa shape index (κ3) is 4.41. The summed E-state index contributed by atoms with van der Waals surface area (Å²) >= 11 is 0. The smallest absolute Gasteiger partial charge is 0.456 e. The van der Waals surface area contributed by atoms with Crippen LogP contribution >= 0.6 is 0 Å². The third-order valence-electron chi connectivity index (χ3n) is 12.0. The average Bonchev–Trinajstić information content (AvgIpc) is 3.90. The number of aromatic nitrogens is 2. The SMILES string of the molecule is CC1(C)OB(c2ccc3oc4ccccc4c3c2-n2c3ccccc3c3cc(-c4ccc5c(c4)c4ccccc4n5-c4ccccc4)ccc32)OC1(C)C. The summed E-state index contributed by atoms with van der Waals surface area (Å²) in [5.74, 6) is 0. The number of nitrogens with zero attached hydrogens (tertiary/aromatic N) is 2. The van der Waals surface area contributed by atoms with E-state index < -0.39 is 18.3 Å². The lowest BCUT2D eigenvalue weighted by molar-refractivity contribution is 0.00578. The lowest BCUT2D eigenvalue weighted by Crippen LogP contribution is -2.41. The largest absolute Gasteiger partial charge is 0.497 e. The average molecular weight is 701 g/mol. The first kappa shape index (κ1) is 31.5. The fourth-order valence-electron chi connectivity index (χ4n) is 8.62. The van der Waals surface area contributed by atoms with E-state index in [1.807, 2.05) is 12.1 Å². The van der Waals surface area contributed by atoms with Gasteiger partial charge in [-0.15, -0.1) is 0 Å². The number of hydrogen-bond donors (Lipinski definition) is 0. The molecule has 0 amide bonds. The predicted octanol–water partition coefficient (Wildman–Crippen LogP) is 11.7. The molecule has 1 saturated heterocycles. The Morgan fingerprint density at radius 1 is 0.444 bits per heavy atom. The van der Waals surface area contributed by atoms with Gasteiger partial charge in [-0.1, -0.05) is 91.0 Å². The van der Waals surface area contributed by atoms with Gasteiger partial charge in [0, 0.05) is 38.1 Å². The van der Waals surface area contributed by atoms with E-state index in [1.54, 1.807) is 0 Å². The van der Waals surface area contributed by atoms with Gasteiger partial charge in [0.1, 0.15) is 11.2 Å². The Balaban J connectivity index is 1.16. The monoisotopic (exact) mass is 700 g/mol. The molecule has 3 aromatic heterocycles. The molecule has 5 nitrogen and oxygen atoms in total. The fourth-order valence-corrected chi connectivity index (χ4v) is 8.62. The highest BCUT2D eigenvalue weighted by Crippen LogP contribution is 2.43. The summed E-state index contributed by atoms with van der Waals surface area (Å²) in [5, 5.41) is 6.95. The Hall–Kier alpha value is -6.08. The number of para-hydroxylation sites is 4. The molecule has 0 atom stereocenters. The van der Waals surface area contributed by atoms with Gasteiger partial charge < -0.3 is 22.9 Å². The minimum Gasteiger partial charge on any atom is -0.456 e. The summed E-state index contributed by atoms with van der Waals surface area (Å²) in [6.45, 7) is 8.43. The highest BCUT2D eigenvalue weighted by molar-refractivity contribution is 6.64. The molecular formula is C48H37BN2O3. The van der Waals surface area contributed by atoms with Crippen molar-refractivity contribution in [1.29, 1.82) is 0 Å². The summed E-state index contributed by atoms with van der Waals surface area (Å²) in [6.07, 6.45) is 0. The third-order valence-corrected chi connectivity index (χ3v) is 12.0. The number of furan rings is 1. The second kappa shape index (κ2) is 11.2. The van der Waals surface area contributed by atoms with E-state index in [-0.39, 0.29) is 0 Å². The van der Waals surface area contributed by atoms with Crippen LogP contribution in [-0.2, 0) is 9.31 Å². The second-order valence-corrected chi connectivity index (χ2v) is 15.6. The van der Waals surface area contributed by atoms with Crippen LogP contribution in [0.1, 0.15) is 27.7 Å². The van der Waals surface area contributed by atoms with Gasteiger partial charge in [0.15, 0.2) is 0 Å². The normalized spacial score (nSPS) is 15.5. The zero-order chi connectivity index (χ0) is 36.3. The summed E-state index contributed by atoms with van der Waals surface area (Å²) in [7, 11) is -0.566. The molecule has 6 heteroatoms. The van der Waals surface area contributed by atoms with Crippen molar-refractivity contribution in [2.75, 3.05) is 0 Å². The number of rotatable bonds is 4. The van der Waals surface area contributed by atoms with Crippen LogP contribution in [0.3, 0.4) is 0 Å². The van der Waals surface area contributed by atoms with Crippen molar-refractivity contribution in [2.24, 2.45) is 0 Å². The molecule has 0 radical (unpaired) electrons. The van der Waals surface area contributed by atoms with Gasteiger partial charge in [0.05, 0.1) is 44.3 Å². The Morgan fingerprint density at radius 2 is 0.963 bits per heavy atom. The number of hydrogen-bond acceptors (Lipinski definition) is 3. The molecule has 0 saturated carbocycles. The van der Waals surface area contributed by atoms with Crippen LogP contribution in [0.4, 0.5) is 0 Å². The first-order chi connectivity index (χ1) is 26.3. The zero-order valence-corrected chi connectivity index (χ0v) is 30.6. The molecule has 0 aliphatic carbocycles. The quantitative estimate of drug-likeness (QED) is 0.172. The molecule has 0 bridgehead atoms. The zero-order valence-electron chi connectivity index (χ0n) is 30.6. The Morgan fingerprint density at radius 3 is 1.61 bits per heavy atom. The highest BCUT2D eigenvalue weighted by atomic mass is 16.7. The van der Waals surface area contributed by atoms with E-state index in [0.717, 1.165) is 49.8 Å². The van der Waals surface area contributed by atoms with Crippen molar-refractivity contribution in [2.45, 2.75) is 38.9 Å². The van der Waals surface area contributed by atoms with E-state index in [4.69, 9.17) is 13.7 Å². The summed E-state index contributed by atoms with van der Waals surface area (Å²) in [6, 6.07) is 54.3. The van der Waals surface area contributed by atoms with Crippen molar-refractivity contribution in [3.05, 3.63) is 152 Å². The minimum absolute atomic E-state index is 0.493. The maximum atomic E-state index is 6.76. The van der Waals surface area contributed by atoms with Crippen LogP contribution in [0.25, 0.3) is 88.1 Å². The molecule has 54 heavy (non-hydrogen) atoms. The van der Waals surface area contributed by atoms with Crippen LogP contribution in [0.2, 0.25) is 0 Å². The van der Waals surface area contributed by atoms with Crippen molar-refractivity contribution in [3.8, 4) is 22.5 Å². The molecule has 7 aromatic carbocycles. The lowest BCUT2D eigenvalue weighted by atomic mass is 9.76. The van der Waals surface area contributed by atoms with Crippen LogP contribution in [0, 0.1) is 0 Å². The fraction of sp³-hybridized carbons (Fsp3) is 0.125. The van der Waals surface area contributed by atoms with Gasteiger partial charge in [-0.05, 0) is 99.5 Å². The van der Waals surface area contributed by atoms with Gasteiger partial charge in [-0.3, -0.25) is 0 Å². The van der Waals surface area contributed by atoms with E-state index in [0.29, 0.717) is 0 Å². The number of fused-ring (bicyclic) bond motifs is 9. The topological polar surface area (TPSA) is 41.5 Å². The van der Waals surface area contributed by atoms with Crippen molar-refractivity contribution < 1.29 is 13.7 Å². The molecule has 1 fully saturated rings. The Bertz CT molecular complexity index is 3110. The first-order valence-electron chi connectivity index (χ1n) is 18.7. The Kier molecular flexibility index (Phi) is 6.53. The van der Waals surface area contributed by atoms with E-state index in [2.05, 4.69) is 176 Å². The molecule has 1 aliphatic rings. The maximum Gasteiger partial charge on any atom is 0.497 e. The number of benzene rings is 7. The Labute approximate surface area is 313 Å². The van der Waals surface area contributed by atoms with Crippen molar-refractivity contribution in [3.63, 3.8) is 0 Å². The van der Waals surface area contributed by atoms with Crippen molar-refractivity contribution in [1.82, 2.24) is 9.13 Å². The van der Waals surface area contributed by atoms with Crippen LogP contribution in [0.15, 0.2) is 156 Å². The van der Waals surface area contributed by atoms with Crippen LogP contribution in [-0.4, -0.2) is 27.5 Å². The molecule has 4 heterocycles. The van der Waals surface area contributed by atoms with E-state index >= 15 is 0 Å². The molecule has 11 rings (SSSR count). The second-order valence-electron chi connectivity index (χ2n) is 15.6. The minimum atomic E-state index is -0.566. The van der Waals surface area contributed by atoms with Gasteiger partial charge in [-0.2, -0.15) is 0 Å². The first-order valence-corrected chi connectivity index (χ1v) is 18.7. The highest BCUT2D eigenvalue weighted by Gasteiger charge is 2.52. The van der Waals surface area contributed by atoms with E-state index in [9.17, 15) is 0 Å². The molecular weight excluding hydrogens is 663 g/mol. The summed E-state index contributed by atoms with van der Waals surface area (Å²) < 4.78 is 24.8. The van der Waals surface area contributed by atoms with Gasteiger partial charge in [-0.25, -0.2) is 0 Å². The van der Waals surface area contributed by atoms with E-state index in [1.165, 1.54) is 43.7 Å². The lowest BCUT2D eigenvalue weighted by Gasteiger charge is -2.32. The molecule has 0 unspecified atom stereocenters. The maximum absolute atomic E-state index is 6.76. The summed E-state index contributed by atoms with van der Waals surface area (Å²) in [4.78, 5) is 0.